The van der Waals surface area contributed by atoms with E-state index in [1.165, 1.54) is 12.1 Å². The number of para-hydroxylation sites is 1. The van der Waals surface area contributed by atoms with Crippen LogP contribution in [0.25, 0.3) is 27.8 Å². The largest absolute Gasteiger partial charge is 0.417 e. The minimum Gasteiger partial charge on any atom is -0.359 e. The SMILES string of the molecule is CCc1cccc(CC)c1-n1nc2c(c1-c1cc(F)c(F)c3[nH]ccc13)CN(c1ccc(C(F)(F)F)cn1)CC2. The summed E-state index contributed by atoms with van der Waals surface area (Å²) in [5.41, 5.74) is 5.00. The molecule has 10 heteroatoms. The van der Waals surface area contributed by atoms with Crippen LogP contribution >= 0.6 is 0 Å². The Morgan fingerprint density at radius 2 is 1.75 bits per heavy atom. The van der Waals surface area contributed by atoms with Crippen LogP contribution in [0, 0.1) is 11.6 Å². The van der Waals surface area contributed by atoms with Crippen LogP contribution in [0.2, 0.25) is 0 Å². The maximum absolute atomic E-state index is 15.0. The second kappa shape index (κ2) is 9.76. The third kappa shape index (κ3) is 4.22. The second-order valence-corrected chi connectivity index (χ2v) is 9.88. The van der Waals surface area contributed by atoms with Gasteiger partial charge in [-0.2, -0.15) is 18.3 Å². The smallest absolute Gasteiger partial charge is 0.359 e. The summed E-state index contributed by atoms with van der Waals surface area (Å²) in [5.74, 6) is -1.54. The molecule has 0 radical (unpaired) electrons. The Balaban J connectivity index is 1.57. The number of alkyl halides is 3. The van der Waals surface area contributed by atoms with Gasteiger partial charge in [0, 0.05) is 48.4 Å². The number of pyridine rings is 1. The summed E-state index contributed by atoms with van der Waals surface area (Å²) < 4.78 is 70.9. The molecule has 2 aromatic carbocycles. The van der Waals surface area contributed by atoms with Crippen molar-refractivity contribution in [2.45, 2.75) is 45.8 Å². The van der Waals surface area contributed by atoms with Crippen LogP contribution in [0.15, 0.2) is 54.9 Å². The van der Waals surface area contributed by atoms with Gasteiger partial charge >= 0.3 is 6.18 Å². The summed E-state index contributed by atoms with van der Waals surface area (Å²) in [5, 5.41) is 5.54. The number of fused-ring (bicyclic) bond motifs is 2. The lowest BCUT2D eigenvalue weighted by Gasteiger charge is -2.28. The van der Waals surface area contributed by atoms with Gasteiger partial charge in [0.25, 0.3) is 0 Å². The fourth-order valence-corrected chi connectivity index (χ4v) is 5.59. The number of benzene rings is 2. The topological polar surface area (TPSA) is 49.7 Å². The minimum atomic E-state index is -4.48. The van der Waals surface area contributed by atoms with E-state index in [1.807, 2.05) is 27.8 Å². The number of aryl methyl sites for hydroxylation is 2. The van der Waals surface area contributed by atoms with E-state index in [1.54, 1.807) is 12.3 Å². The number of halogens is 5. The van der Waals surface area contributed by atoms with Crippen molar-refractivity contribution < 1.29 is 22.0 Å². The second-order valence-electron chi connectivity index (χ2n) is 9.88. The van der Waals surface area contributed by atoms with Crippen molar-refractivity contribution in [2.24, 2.45) is 0 Å². The molecule has 0 saturated carbocycles. The fourth-order valence-electron chi connectivity index (χ4n) is 5.59. The van der Waals surface area contributed by atoms with Crippen LogP contribution in [0.5, 0.6) is 0 Å². The first kappa shape index (κ1) is 26.0. The van der Waals surface area contributed by atoms with Crippen molar-refractivity contribution in [2.75, 3.05) is 11.4 Å². The summed E-state index contributed by atoms with van der Waals surface area (Å²) in [4.78, 5) is 8.79. The van der Waals surface area contributed by atoms with Crippen molar-refractivity contribution in [1.29, 1.82) is 0 Å². The standard InChI is InChI=1S/C30H26F5N5/c1-3-17-6-5-7-18(4-2)28(17)40-29(21-14-23(31)26(32)27-20(21)10-12-36-27)22-16-39(13-11-24(22)38-40)25-9-8-19(15-37-25)30(33,34)35/h5-10,12,14-15,36H,3-4,11,13,16H2,1-2H3. The molecule has 1 aliphatic heterocycles. The molecule has 0 unspecified atom stereocenters. The highest BCUT2D eigenvalue weighted by Crippen LogP contribution is 2.40. The van der Waals surface area contributed by atoms with Crippen molar-refractivity contribution in [1.82, 2.24) is 19.7 Å². The molecule has 0 bridgehead atoms. The first-order valence-electron chi connectivity index (χ1n) is 13.2. The van der Waals surface area contributed by atoms with E-state index in [2.05, 4.69) is 23.8 Å². The van der Waals surface area contributed by atoms with Crippen molar-refractivity contribution in [3.8, 4) is 16.9 Å². The van der Waals surface area contributed by atoms with E-state index in [0.29, 0.717) is 42.0 Å². The highest BCUT2D eigenvalue weighted by Gasteiger charge is 2.33. The van der Waals surface area contributed by atoms with Gasteiger partial charge in [-0.25, -0.2) is 18.4 Å². The first-order chi connectivity index (χ1) is 19.2. The number of aromatic nitrogens is 4. The zero-order valence-electron chi connectivity index (χ0n) is 21.9. The lowest BCUT2D eigenvalue weighted by Crippen LogP contribution is -2.31. The van der Waals surface area contributed by atoms with Crippen LogP contribution in [0.3, 0.4) is 0 Å². The molecule has 0 amide bonds. The maximum Gasteiger partial charge on any atom is 0.417 e. The number of anilines is 1. The van der Waals surface area contributed by atoms with Crippen molar-refractivity contribution >= 4 is 16.7 Å². The summed E-state index contributed by atoms with van der Waals surface area (Å²) in [6.07, 6.45) is -0.0856. The molecule has 40 heavy (non-hydrogen) atoms. The maximum atomic E-state index is 15.0. The van der Waals surface area contributed by atoms with Crippen LogP contribution in [-0.4, -0.2) is 26.3 Å². The number of nitrogens with one attached hydrogen (secondary N) is 1. The first-order valence-corrected chi connectivity index (χ1v) is 13.2. The van der Waals surface area contributed by atoms with Gasteiger partial charge in [-0.15, -0.1) is 0 Å². The number of nitrogens with zero attached hydrogens (tertiary/aromatic N) is 4. The van der Waals surface area contributed by atoms with E-state index in [4.69, 9.17) is 5.10 Å². The number of hydrogen-bond acceptors (Lipinski definition) is 3. The average Bonchev–Trinajstić information content (AvgIpc) is 3.59. The van der Waals surface area contributed by atoms with Gasteiger partial charge in [0.05, 0.1) is 28.2 Å². The normalized spacial score (nSPS) is 13.7. The molecule has 1 aliphatic rings. The summed E-state index contributed by atoms with van der Waals surface area (Å²) in [7, 11) is 0. The highest BCUT2D eigenvalue weighted by molar-refractivity contribution is 5.96. The summed E-state index contributed by atoms with van der Waals surface area (Å²) in [6, 6.07) is 11.4. The van der Waals surface area contributed by atoms with Gasteiger partial charge in [0.2, 0.25) is 0 Å². The fraction of sp³-hybridized carbons (Fsp3) is 0.267. The van der Waals surface area contributed by atoms with Gasteiger partial charge < -0.3 is 9.88 Å². The van der Waals surface area contributed by atoms with Gasteiger partial charge in [0.1, 0.15) is 5.82 Å². The molecule has 0 atom stereocenters. The van der Waals surface area contributed by atoms with E-state index < -0.39 is 23.4 Å². The van der Waals surface area contributed by atoms with Gasteiger partial charge in [-0.3, -0.25) is 0 Å². The van der Waals surface area contributed by atoms with Crippen LogP contribution in [-0.2, 0) is 32.0 Å². The van der Waals surface area contributed by atoms with E-state index >= 15 is 0 Å². The Kier molecular flexibility index (Phi) is 6.35. The molecular formula is C30H26F5N5. The predicted octanol–water partition coefficient (Wildman–Crippen LogP) is 7.40. The van der Waals surface area contributed by atoms with Crippen LogP contribution in [0.1, 0.15) is 41.8 Å². The quantitative estimate of drug-likeness (QED) is 0.232. The molecule has 6 rings (SSSR count). The molecule has 3 aromatic heterocycles. The number of H-pyrrole nitrogens is 1. The molecule has 0 saturated heterocycles. The zero-order valence-corrected chi connectivity index (χ0v) is 21.9. The monoisotopic (exact) mass is 551 g/mol. The Morgan fingerprint density at radius 3 is 2.40 bits per heavy atom. The van der Waals surface area contributed by atoms with Crippen molar-refractivity contribution in [3.63, 3.8) is 0 Å². The van der Waals surface area contributed by atoms with Gasteiger partial charge in [0.15, 0.2) is 11.6 Å². The van der Waals surface area contributed by atoms with E-state index in [0.717, 1.165) is 53.2 Å². The van der Waals surface area contributed by atoms with Crippen molar-refractivity contribution in [3.05, 3.63) is 94.4 Å². The average molecular weight is 552 g/mol. The lowest BCUT2D eigenvalue weighted by molar-refractivity contribution is -0.137. The number of aromatic amines is 1. The molecular weight excluding hydrogens is 525 g/mol. The summed E-state index contributed by atoms with van der Waals surface area (Å²) in [6.45, 7) is 4.90. The van der Waals surface area contributed by atoms with E-state index in [-0.39, 0.29) is 5.52 Å². The van der Waals surface area contributed by atoms with E-state index in [9.17, 15) is 22.0 Å². The van der Waals surface area contributed by atoms with Crippen LogP contribution < -0.4 is 4.90 Å². The third-order valence-corrected chi connectivity index (χ3v) is 7.60. The number of rotatable bonds is 5. The Morgan fingerprint density at radius 1 is 1.00 bits per heavy atom. The van der Waals surface area contributed by atoms with Gasteiger partial charge in [-0.1, -0.05) is 32.0 Å². The third-order valence-electron chi connectivity index (χ3n) is 7.60. The summed E-state index contributed by atoms with van der Waals surface area (Å²) >= 11 is 0. The zero-order chi connectivity index (χ0) is 28.2. The molecule has 5 aromatic rings. The van der Waals surface area contributed by atoms with Gasteiger partial charge in [-0.05, 0) is 48.2 Å². The molecule has 4 heterocycles. The molecule has 0 aliphatic carbocycles. The Labute approximate surface area is 227 Å². The Bertz CT molecular complexity index is 1690. The number of hydrogen-bond donors (Lipinski definition) is 1. The molecule has 0 spiro atoms. The lowest BCUT2D eigenvalue weighted by atomic mass is 9.97. The highest BCUT2D eigenvalue weighted by atomic mass is 19.4. The predicted molar refractivity (Wildman–Crippen MR) is 144 cm³/mol. The molecule has 206 valence electrons. The van der Waals surface area contributed by atoms with Crippen LogP contribution in [0.4, 0.5) is 27.8 Å². The Hall–Kier alpha value is -4.21. The molecule has 0 fully saturated rings. The molecule has 1 N–H and O–H groups in total. The molecule has 5 nitrogen and oxygen atoms in total. The minimum absolute atomic E-state index is 0.0630.